The van der Waals surface area contributed by atoms with Gasteiger partial charge in [0.1, 0.15) is 5.82 Å². The van der Waals surface area contributed by atoms with E-state index < -0.39 is 5.97 Å². The van der Waals surface area contributed by atoms with Gasteiger partial charge >= 0.3 is 5.97 Å². The number of carboxylic acids is 1. The summed E-state index contributed by atoms with van der Waals surface area (Å²) in [6.07, 6.45) is 3.03. The molecule has 1 aromatic carbocycles. The summed E-state index contributed by atoms with van der Waals surface area (Å²) in [4.78, 5) is 15.4. The molecule has 2 aromatic rings. The van der Waals surface area contributed by atoms with Crippen LogP contribution in [0.1, 0.15) is 23.8 Å². The largest absolute Gasteiger partial charge is 0.477 e. The van der Waals surface area contributed by atoms with E-state index in [0.29, 0.717) is 5.82 Å². The lowest BCUT2D eigenvalue weighted by Crippen LogP contribution is -2.22. The Hall–Kier alpha value is -1.75. The molecule has 1 unspecified atom stereocenters. The molecule has 0 saturated heterocycles. The van der Waals surface area contributed by atoms with Crippen LogP contribution in [-0.2, 0) is 0 Å². The van der Waals surface area contributed by atoms with Crippen molar-refractivity contribution >= 4 is 34.3 Å². The van der Waals surface area contributed by atoms with Crippen molar-refractivity contribution in [3.63, 3.8) is 0 Å². The molecule has 5 heteroatoms. The minimum atomic E-state index is -1.00. The molecule has 1 aromatic heterocycles. The molecule has 1 atom stereocenters. The van der Waals surface area contributed by atoms with E-state index in [2.05, 4.69) is 23.5 Å². The number of carbonyl (C=O) groups is 1. The highest BCUT2D eigenvalue weighted by atomic mass is 32.2. The number of anilines is 1. The van der Waals surface area contributed by atoms with Gasteiger partial charge in [0, 0.05) is 17.2 Å². The molecule has 0 bridgehead atoms. The topological polar surface area (TPSA) is 62.2 Å². The van der Waals surface area contributed by atoms with Crippen molar-refractivity contribution in [2.75, 3.05) is 17.3 Å². The number of aromatic carboxylic acids is 1. The Kier molecular flexibility index (Phi) is 4.84. The molecule has 0 aliphatic carbocycles. The maximum Gasteiger partial charge on any atom is 0.354 e. The normalized spacial score (nSPS) is 12.3. The first-order valence-corrected chi connectivity index (χ1v) is 7.93. The van der Waals surface area contributed by atoms with E-state index in [1.54, 1.807) is 17.8 Å². The van der Waals surface area contributed by atoms with Gasteiger partial charge in [-0.15, -0.1) is 0 Å². The number of hydrogen-bond acceptors (Lipinski definition) is 4. The molecule has 0 aliphatic rings. The van der Waals surface area contributed by atoms with Gasteiger partial charge in [-0.1, -0.05) is 31.2 Å². The van der Waals surface area contributed by atoms with Gasteiger partial charge in [0.25, 0.3) is 0 Å². The molecule has 0 aliphatic heterocycles. The number of nitrogens with zero attached hydrogens (tertiary/aromatic N) is 1. The zero-order valence-electron chi connectivity index (χ0n) is 11.6. The molecular weight excluding hydrogens is 272 g/mol. The van der Waals surface area contributed by atoms with Crippen molar-refractivity contribution in [2.24, 2.45) is 0 Å². The third-order valence-electron chi connectivity index (χ3n) is 3.16. The molecule has 4 nitrogen and oxygen atoms in total. The standard InChI is InChI=1S/C15H18N2O2S/c1-3-11(9-20-2)16-14-12-7-5-4-6-10(12)8-13(17-14)15(18)19/h4-8,11H,3,9H2,1-2H3,(H,16,17)(H,18,19). The SMILES string of the molecule is CCC(CSC)Nc1nc(C(=O)O)cc2ccccc12. The molecule has 106 valence electrons. The maximum atomic E-state index is 11.2. The van der Waals surface area contributed by atoms with E-state index in [4.69, 9.17) is 5.11 Å². The van der Waals surface area contributed by atoms with E-state index in [9.17, 15) is 4.79 Å². The van der Waals surface area contributed by atoms with Crippen LogP contribution in [0.2, 0.25) is 0 Å². The van der Waals surface area contributed by atoms with Gasteiger partial charge in [-0.25, -0.2) is 9.78 Å². The van der Waals surface area contributed by atoms with Gasteiger partial charge in [0.2, 0.25) is 0 Å². The fourth-order valence-electron chi connectivity index (χ4n) is 2.07. The number of carboxylic acid groups (broad SMARTS) is 1. The van der Waals surface area contributed by atoms with Crippen molar-refractivity contribution in [2.45, 2.75) is 19.4 Å². The number of benzene rings is 1. The molecule has 2 rings (SSSR count). The maximum absolute atomic E-state index is 11.2. The number of fused-ring (bicyclic) bond motifs is 1. The summed E-state index contributed by atoms with van der Waals surface area (Å²) in [7, 11) is 0. The summed E-state index contributed by atoms with van der Waals surface area (Å²) in [6.45, 7) is 2.11. The van der Waals surface area contributed by atoms with E-state index in [0.717, 1.165) is 22.9 Å². The van der Waals surface area contributed by atoms with Crippen LogP contribution in [0.4, 0.5) is 5.82 Å². The van der Waals surface area contributed by atoms with Gasteiger partial charge in [0.15, 0.2) is 5.69 Å². The van der Waals surface area contributed by atoms with E-state index >= 15 is 0 Å². The summed E-state index contributed by atoms with van der Waals surface area (Å²) in [5.41, 5.74) is 0.0743. The van der Waals surface area contributed by atoms with Crippen LogP contribution in [0.25, 0.3) is 10.8 Å². The van der Waals surface area contributed by atoms with Crippen molar-refractivity contribution < 1.29 is 9.90 Å². The highest BCUT2D eigenvalue weighted by Gasteiger charge is 2.13. The van der Waals surface area contributed by atoms with Gasteiger partial charge in [-0.3, -0.25) is 0 Å². The fourth-order valence-corrected chi connectivity index (χ4v) is 2.80. The number of aromatic nitrogens is 1. The zero-order chi connectivity index (χ0) is 14.5. The van der Waals surface area contributed by atoms with E-state index in [1.165, 1.54) is 0 Å². The first-order chi connectivity index (χ1) is 9.65. The van der Waals surface area contributed by atoms with Crippen LogP contribution < -0.4 is 5.32 Å². The average Bonchev–Trinajstić information content (AvgIpc) is 2.46. The molecule has 0 spiro atoms. The third kappa shape index (κ3) is 3.22. The van der Waals surface area contributed by atoms with Crippen LogP contribution in [0.3, 0.4) is 0 Å². The van der Waals surface area contributed by atoms with Crippen molar-refractivity contribution in [1.82, 2.24) is 4.98 Å². The predicted octanol–water partition coefficient (Wildman–Crippen LogP) is 3.49. The molecule has 2 N–H and O–H groups in total. The lowest BCUT2D eigenvalue weighted by molar-refractivity contribution is 0.0691. The summed E-state index contributed by atoms with van der Waals surface area (Å²) in [6, 6.07) is 9.59. The Labute approximate surface area is 122 Å². The molecule has 0 radical (unpaired) electrons. The molecule has 0 fully saturated rings. The Morgan fingerprint density at radius 3 is 2.85 bits per heavy atom. The smallest absolute Gasteiger partial charge is 0.354 e. The highest BCUT2D eigenvalue weighted by Crippen LogP contribution is 2.24. The summed E-state index contributed by atoms with van der Waals surface area (Å²) in [5, 5.41) is 14.4. The summed E-state index contributed by atoms with van der Waals surface area (Å²) < 4.78 is 0. The second-order valence-corrected chi connectivity index (χ2v) is 5.50. The van der Waals surface area contributed by atoms with Crippen LogP contribution in [0.15, 0.2) is 30.3 Å². The number of nitrogens with one attached hydrogen (secondary N) is 1. The first-order valence-electron chi connectivity index (χ1n) is 6.54. The second-order valence-electron chi connectivity index (χ2n) is 4.59. The Bertz CT molecular complexity index is 616. The highest BCUT2D eigenvalue weighted by molar-refractivity contribution is 7.98. The van der Waals surface area contributed by atoms with Crippen molar-refractivity contribution in [3.8, 4) is 0 Å². The van der Waals surface area contributed by atoms with Gasteiger partial charge in [-0.05, 0) is 24.1 Å². The monoisotopic (exact) mass is 290 g/mol. The van der Waals surface area contributed by atoms with Crippen molar-refractivity contribution in [1.29, 1.82) is 0 Å². The second kappa shape index (κ2) is 6.61. The molecule has 20 heavy (non-hydrogen) atoms. The van der Waals surface area contributed by atoms with Crippen LogP contribution in [0.5, 0.6) is 0 Å². The third-order valence-corrected chi connectivity index (χ3v) is 3.90. The lowest BCUT2D eigenvalue weighted by Gasteiger charge is -2.18. The van der Waals surface area contributed by atoms with Crippen molar-refractivity contribution in [3.05, 3.63) is 36.0 Å². The first kappa shape index (κ1) is 14.7. The van der Waals surface area contributed by atoms with Crippen LogP contribution in [-0.4, -0.2) is 34.1 Å². The number of thioether (sulfide) groups is 1. The van der Waals surface area contributed by atoms with Gasteiger partial charge in [-0.2, -0.15) is 11.8 Å². The minimum Gasteiger partial charge on any atom is -0.477 e. The number of pyridine rings is 1. The van der Waals surface area contributed by atoms with E-state index in [1.807, 2.05) is 24.3 Å². The van der Waals surface area contributed by atoms with Gasteiger partial charge in [0.05, 0.1) is 0 Å². The molecule has 1 heterocycles. The Balaban J connectivity index is 2.46. The minimum absolute atomic E-state index is 0.0743. The predicted molar refractivity (Wildman–Crippen MR) is 84.8 cm³/mol. The quantitative estimate of drug-likeness (QED) is 0.852. The molecular formula is C15H18N2O2S. The zero-order valence-corrected chi connectivity index (χ0v) is 12.4. The number of rotatable bonds is 6. The fraction of sp³-hybridized carbons (Fsp3) is 0.333. The van der Waals surface area contributed by atoms with Crippen LogP contribution >= 0.6 is 11.8 Å². The molecule has 0 amide bonds. The lowest BCUT2D eigenvalue weighted by atomic mass is 10.1. The summed E-state index contributed by atoms with van der Waals surface area (Å²) in [5.74, 6) is 0.613. The Morgan fingerprint density at radius 1 is 1.45 bits per heavy atom. The van der Waals surface area contributed by atoms with Crippen LogP contribution in [0, 0.1) is 0 Å². The van der Waals surface area contributed by atoms with Gasteiger partial charge < -0.3 is 10.4 Å². The van der Waals surface area contributed by atoms with E-state index in [-0.39, 0.29) is 11.7 Å². The molecule has 0 saturated carbocycles. The average molecular weight is 290 g/mol. The number of hydrogen-bond donors (Lipinski definition) is 2. The summed E-state index contributed by atoms with van der Waals surface area (Å²) >= 11 is 1.76. The Morgan fingerprint density at radius 2 is 2.20 bits per heavy atom.